The molecule has 0 spiro atoms. The van der Waals surface area contributed by atoms with Crippen LogP contribution in [0.1, 0.15) is 28.1 Å². The number of carbonyl (C=O) groups is 1. The summed E-state index contributed by atoms with van der Waals surface area (Å²) in [6.07, 6.45) is 0.311. The fourth-order valence-electron chi connectivity index (χ4n) is 3.72. The molecule has 0 bridgehead atoms. The monoisotopic (exact) mass is 479 g/mol. The minimum Gasteiger partial charge on any atom is -0.451 e. The second-order valence-corrected chi connectivity index (χ2v) is 10.7. The summed E-state index contributed by atoms with van der Waals surface area (Å²) in [5.41, 5.74) is 1.22. The average molecular weight is 480 g/mol. The van der Waals surface area contributed by atoms with Crippen LogP contribution in [0.5, 0.6) is 0 Å². The molecular weight excluding hydrogens is 461 g/mol. The molecule has 31 heavy (non-hydrogen) atoms. The summed E-state index contributed by atoms with van der Waals surface area (Å²) in [4.78, 5) is 27.5. The normalized spacial score (nSPS) is 17.7. The lowest BCUT2D eigenvalue weighted by molar-refractivity contribution is 0.0648. The van der Waals surface area contributed by atoms with Gasteiger partial charge in [-0.25, -0.2) is 8.42 Å². The molecule has 0 unspecified atom stereocenters. The lowest BCUT2D eigenvalue weighted by atomic mass is 10.1. The van der Waals surface area contributed by atoms with Gasteiger partial charge in [-0.15, -0.1) is 0 Å². The fourth-order valence-corrected chi connectivity index (χ4v) is 5.81. The van der Waals surface area contributed by atoms with E-state index in [0.29, 0.717) is 27.6 Å². The van der Waals surface area contributed by atoms with E-state index in [0.717, 1.165) is 6.07 Å². The van der Waals surface area contributed by atoms with Crippen LogP contribution < -0.4 is 5.43 Å². The molecule has 2 heterocycles. The van der Waals surface area contributed by atoms with Crippen molar-refractivity contribution >= 4 is 49.9 Å². The van der Waals surface area contributed by atoms with Crippen molar-refractivity contribution in [1.82, 2.24) is 4.90 Å². The Morgan fingerprint density at radius 1 is 1.16 bits per heavy atom. The van der Waals surface area contributed by atoms with E-state index in [2.05, 4.69) is 0 Å². The van der Waals surface area contributed by atoms with Gasteiger partial charge in [0, 0.05) is 28.7 Å². The van der Waals surface area contributed by atoms with Crippen molar-refractivity contribution in [3.8, 4) is 0 Å². The molecule has 1 aromatic heterocycles. The Morgan fingerprint density at radius 2 is 1.90 bits per heavy atom. The van der Waals surface area contributed by atoms with Crippen LogP contribution in [0.15, 0.2) is 51.7 Å². The molecule has 0 radical (unpaired) electrons. The first kappa shape index (κ1) is 21.9. The van der Waals surface area contributed by atoms with Crippen LogP contribution in [-0.2, 0) is 16.4 Å². The quantitative estimate of drug-likeness (QED) is 0.558. The molecule has 9 heteroatoms. The first-order chi connectivity index (χ1) is 14.6. The Labute approximate surface area is 189 Å². The van der Waals surface area contributed by atoms with Crippen molar-refractivity contribution in [2.75, 3.05) is 11.5 Å². The van der Waals surface area contributed by atoms with Gasteiger partial charge in [0.1, 0.15) is 5.58 Å². The molecule has 2 aromatic carbocycles. The van der Waals surface area contributed by atoms with Crippen LogP contribution in [-0.4, -0.2) is 36.8 Å². The average Bonchev–Trinajstić information content (AvgIpc) is 3.07. The number of sulfone groups is 1. The van der Waals surface area contributed by atoms with Gasteiger partial charge in [0.05, 0.1) is 16.9 Å². The molecule has 1 saturated heterocycles. The third-order valence-electron chi connectivity index (χ3n) is 5.43. The summed E-state index contributed by atoms with van der Waals surface area (Å²) in [7, 11) is -3.25. The Hall–Kier alpha value is -2.35. The van der Waals surface area contributed by atoms with Crippen LogP contribution >= 0.6 is 23.2 Å². The Morgan fingerprint density at radius 3 is 2.58 bits per heavy atom. The highest BCUT2D eigenvalue weighted by molar-refractivity contribution is 7.91. The van der Waals surface area contributed by atoms with Gasteiger partial charge in [0.15, 0.2) is 21.0 Å². The van der Waals surface area contributed by atoms with Gasteiger partial charge >= 0.3 is 0 Å². The zero-order chi connectivity index (χ0) is 22.3. The summed E-state index contributed by atoms with van der Waals surface area (Å²) in [5, 5.41) is 1.16. The van der Waals surface area contributed by atoms with E-state index in [1.54, 1.807) is 37.3 Å². The molecule has 1 aliphatic heterocycles. The molecule has 162 valence electrons. The number of rotatable bonds is 4. The SMILES string of the molecule is Cc1cc2oc(C(=O)N(Cc3ccccc3Cl)[C@@H]3CCS(=O)(=O)C3)cc(=O)c2cc1Cl. The first-order valence-electron chi connectivity index (χ1n) is 9.63. The van der Waals surface area contributed by atoms with E-state index in [-0.39, 0.29) is 34.8 Å². The Balaban J connectivity index is 1.77. The number of hydrogen-bond acceptors (Lipinski definition) is 5. The van der Waals surface area contributed by atoms with Crippen LogP contribution in [0.25, 0.3) is 11.0 Å². The van der Waals surface area contributed by atoms with Gasteiger partial charge in [0.25, 0.3) is 5.91 Å². The Bertz CT molecular complexity index is 1350. The van der Waals surface area contributed by atoms with Crippen molar-refractivity contribution in [2.24, 2.45) is 0 Å². The van der Waals surface area contributed by atoms with Crippen LogP contribution in [0, 0.1) is 6.92 Å². The van der Waals surface area contributed by atoms with Crippen molar-refractivity contribution in [3.05, 3.63) is 79.6 Å². The highest BCUT2D eigenvalue weighted by atomic mass is 35.5. The molecule has 1 atom stereocenters. The predicted octanol–water partition coefficient (Wildman–Crippen LogP) is 4.24. The maximum Gasteiger partial charge on any atom is 0.290 e. The highest BCUT2D eigenvalue weighted by Gasteiger charge is 2.36. The molecule has 0 saturated carbocycles. The van der Waals surface area contributed by atoms with E-state index < -0.39 is 27.2 Å². The molecule has 0 aliphatic carbocycles. The molecule has 1 aliphatic rings. The van der Waals surface area contributed by atoms with Gasteiger partial charge in [-0.2, -0.15) is 0 Å². The summed E-state index contributed by atoms with van der Waals surface area (Å²) in [5.74, 6) is -0.858. The lowest BCUT2D eigenvalue weighted by Gasteiger charge is -2.28. The van der Waals surface area contributed by atoms with E-state index in [9.17, 15) is 18.0 Å². The van der Waals surface area contributed by atoms with Gasteiger partial charge < -0.3 is 9.32 Å². The third-order valence-corrected chi connectivity index (χ3v) is 7.95. The molecule has 1 fully saturated rings. The molecule has 4 rings (SSSR count). The zero-order valence-corrected chi connectivity index (χ0v) is 18.9. The molecule has 6 nitrogen and oxygen atoms in total. The summed E-state index contributed by atoms with van der Waals surface area (Å²) >= 11 is 12.4. The van der Waals surface area contributed by atoms with E-state index in [4.69, 9.17) is 27.6 Å². The summed E-state index contributed by atoms with van der Waals surface area (Å²) < 4.78 is 29.9. The lowest BCUT2D eigenvalue weighted by Crippen LogP contribution is -2.41. The van der Waals surface area contributed by atoms with Gasteiger partial charge in [0.2, 0.25) is 0 Å². The first-order valence-corrected chi connectivity index (χ1v) is 12.2. The third kappa shape index (κ3) is 4.49. The molecule has 1 amide bonds. The summed E-state index contributed by atoms with van der Waals surface area (Å²) in [6.45, 7) is 1.86. The molecular formula is C22H19Cl2NO5S. The minimum absolute atomic E-state index is 0.00330. The summed E-state index contributed by atoms with van der Waals surface area (Å²) in [6, 6.07) is 10.7. The molecule has 0 N–H and O–H groups in total. The van der Waals surface area contributed by atoms with Crippen LogP contribution in [0.2, 0.25) is 10.0 Å². The van der Waals surface area contributed by atoms with Crippen molar-refractivity contribution in [3.63, 3.8) is 0 Å². The molecule has 3 aromatic rings. The fraction of sp³-hybridized carbons (Fsp3) is 0.273. The smallest absolute Gasteiger partial charge is 0.290 e. The number of nitrogens with zero attached hydrogens (tertiary/aromatic N) is 1. The van der Waals surface area contributed by atoms with Crippen molar-refractivity contribution in [1.29, 1.82) is 0 Å². The van der Waals surface area contributed by atoms with E-state index in [1.165, 1.54) is 11.0 Å². The van der Waals surface area contributed by atoms with Crippen LogP contribution in [0.3, 0.4) is 0 Å². The van der Waals surface area contributed by atoms with Crippen molar-refractivity contribution < 1.29 is 17.6 Å². The zero-order valence-electron chi connectivity index (χ0n) is 16.6. The number of aryl methyl sites for hydroxylation is 1. The second-order valence-electron chi connectivity index (χ2n) is 7.65. The second kappa shape index (κ2) is 8.30. The van der Waals surface area contributed by atoms with E-state index in [1.807, 2.05) is 0 Å². The van der Waals surface area contributed by atoms with Gasteiger partial charge in [-0.1, -0.05) is 41.4 Å². The topological polar surface area (TPSA) is 84.7 Å². The predicted molar refractivity (Wildman–Crippen MR) is 121 cm³/mol. The van der Waals surface area contributed by atoms with Crippen molar-refractivity contribution in [2.45, 2.75) is 25.9 Å². The Kier molecular flexibility index (Phi) is 5.85. The minimum atomic E-state index is -3.25. The maximum absolute atomic E-state index is 13.4. The van der Waals surface area contributed by atoms with Gasteiger partial charge in [-0.05, 0) is 42.7 Å². The number of amides is 1. The number of benzene rings is 2. The highest BCUT2D eigenvalue weighted by Crippen LogP contribution is 2.27. The van der Waals surface area contributed by atoms with Crippen LogP contribution in [0.4, 0.5) is 0 Å². The standard InChI is InChI=1S/C22H19Cl2NO5S/c1-13-8-20-16(9-18(13)24)19(26)10-21(30-20)22(27)25(15-6-7-31(28,29)12-15)11-14-4-2-3-5-17(14)23/h2-5,8-10,15H,6-7,11-12H2,1H3/t15-/m1/s1. The number of hydrogen-bond donors (Lipinski definition) is 0. The maximum atomic E-state index is 13.4. The number of carbonyl (C=O) groups excluding carboxylic acids is 1. The largest absolute Gasteiger partial charge is 0.451 e. The number of halogens is 2. The number of fused-ring (bicyclic) bond motifs is 1. The van der Waals surface area contributed by atoms with E-state index >= 15 is 0 Å². The van der Waals surface area contributed by atoms with Gasteiger partial charge in [-0.3, -0.25) is 9.59 Å².